The molecule has 26 heavy (non-hydrogen) atoms. The molecule has 3 heterocycles. The van der Waals surface area contributed by atoms with E-state index in [1.807, 2.05) is 41.6 Å². The van der Waals surface area contributed by atoms with Crippen LogP contribution in [0.3, 0.4) is 0 Å². The highest BCUT2D eigenvalue weighted by Gasteiger charge is 2.29. The summed E-state index contributed by atoms with van der Waals surface area (Å²) < 4.78 is 1.81. The number of anilines is 1. The maximum Gasteiger partial charge on any atom is 0.225 e. The fourth-order valence-corrected chi connectivity index (χ4v) is 4.05. The Bertz CT molecular complexity index is 770. The summed E-state index contributed by atoms with van der Waals surface area (Å²) in [5.74, 6) is 2.21. The van der Waals surface area contributed by atoms with Crippen molar-refractivity contribution < 1.29 is 4.79 Å². The number of amides is 1. The van der Waals surface area contributed by atoms with Gasteiger partial charge in [-0.25, -0.2) is 4.68 Å². The Labute approximate surface area is 154 Å². The van der Waals surface area contributed by atoms with E-state index in [1.165, 1.54) is 12.8 Å². The Kier molecular flexibility index (Phi) is 4.61. The zero-order valence-corrected chi connectivity index (χ0v) is 15.6. The quantitative estimate of drug-likeness (QED) is 0.845. The molecule has 0 N–H and O–H groups in total. The first-order valence-corrected chi connectivity index (χ1v) is 9.53. The average Bonchev–Trinajstić information content (AvgIpc) is 3.31. The second-order valence-electron chi connectivity index (χ2n) is 7.38. The van der Waals surface area contributed by atoms with Gasteiger partial charge in [0.25, 0.3) is 0 Å². The molecule has 1 aliphatic heterocycles. The number of hydrogen-bond acceptors (Lipinski definition) is 5. The lowest BCUT2D eigenvalue weighted by molar-refractivity contribution is -0.135. The first kappa shape index (κ1) is 17.0. The van der Waals surface area contributed by atoms with Crippen LogP contribution in [0.15, 0.2) is 18.2 Å². The van der Waals surface area contributed by atoms with E-state index in [4.69, 9.17) is 0 Å². The Balaban J connectivity index is 1.38. The van der Waals surface area contributed by atoms with Gasteiger partial charge >= 0.3 is 0 Å². The molecule has 2 aliphatic rings. The van der Waals surface area contributed by atoms with Crippen LogP contribution in [0.2, 0.25) is 0 Å². The fraction of sp³-hybridized carbons (Fsp3) is 0.579. The third-order valence-corrected chi connectivity index (χ3v) is 5.48. The topological polar surface area (TPSA) is 67.2 Å². The molecule has 0 spiro atoms. The number of carbonyl (C=O) groups is 1. The molecule has 2 aromatic heterocycles. The highest BCUT2D eigenvalue weighted by atomic mass is 16.2. The maximum absolute atomic E-state index is 12.5. The summed E-state index contributed by atoms with van der Waals surface area (Å²) in [4.78, 5) is 16.8. The van der Waals surface area contributed by atoms with Crippen LogP contribution in [0.5, 0.6) is 0 Å². The van der Waals surface area contributed by atoms with Gasteiger partial charge < -0.3 is 9.80 Å². The summed E-state index contributed by atoms with van der Waals surface area (Å²) in [7, 11) is 0. The van der Waals surface area contributed by atoms with Crippen molar-refractivity contribution in [3.05, 3.63) is 29.6 Å². The van der Waals surface area contributed by atoms with E-state index in [1.54, 1.807) is 0 Å². The Morgan fingerprint density at radius 1 is 1.00 bits per heavy atom. The van der Waals surface area contributed by atoms with Crippen molar-refractivity contribution in [1.82, 2.24) is 24.9 Å². The largest absolute Gasteiger partial charge is 0.352 e. The van der Waals surface area contributed by atoms with Crippen LogP contribution in [0.25, 0.3) is 5.82 Å². The molecule has 138 valence electrons. The van der Waals surface area contributed by atoms with Gasteiger partial charge in [0.2, 0.25) is 5.91 Å². The lowest BCUT2D eigenvalue weighted by atomic mass is 10.1. The predicted octanol–water partition coefficient (Wildman–Crippen LogP) is 2.12. The monoisotopic (exact) mass is 354 g/mol. The number of aromatic nitrogens is 4. The number of piperazine rings is 1. The SMILES string of the molecule is Cc1cc(C)n(-c2ccc(N3CCN(C(=O)C4CCCC4)CC3)nn2)n1. The van der Waals surface area contributed by atoms with Crippen molar-refractivity contribution in [2.24, 2.45) is 5.92 Å². The van der Waals surface area contributed by atoms with E-state index in [2.05, 4.69) is 20.2 Å². The average molecular weight is 354 g/mol. The summed E-state index contributed by atoms with van der Waals surface area (Å²) >= 11 is 0. The smallest absolute Gasteiger partial charge is 0.225 e. The third kappa shape index (κ3) is 3.30. The molecule has 1 saturated carbocycles. The minimum atomic E-state index is 0.265. The Morgan fingerprint density at radius 3 is 2.23 bits per heavy atom. The number of nitrogens with zero attached hydrogens (tertiary/aromatic N) is 6. The van der Waals surface area contributed by atoms with Crippen LogP contribution in [-0.2, 0) is 4.79 Å². The highest BCUT2D eigenvalue weighted by Crippen LogP contribution is 2.27. The van der Waals surface area contributed by atoms with E-state index in [9.17, 15) is 4.79 Å². The molecular weight excluding hydrogens is 328 g/mol. The van der Waals surface area contributed by atoms with Gasteiger partial charge in [0.1, 0.15) is 0 Å². The molecule has 7 heteroatoms. The van der Waals surface area contributed by atoms with Crippen LogP contribution in [0, 0.1) is 19.8 Å². The third-order valence-electron chi connectivity index (χ3n) is 5.48. The standard InChI is InChI=1S/C19H26N6O/c1-14-13-15(2)25(22-14)18-8-7-17(20-21-18)23-9-11-24(12-10-23)19(26)16-5-3-4-6-16/h7-8,13,16H,3-6,9-12H2,1-2H3. The Hall–Kier alpha value is -2.44. The highest BCUT2D eigenvalue weighted by molar-refractivity contribution is 5.79. The Morgan fingerprint density at radius 2 is 1.65 bits per heavy atom. The first-order chi connectivity index (χ1) is 12.6. The van der Waals surface area contributed by atoms with E-state index < -0.39 is 0 Å². The van der Waals surface area contributed by atoms with Gasteiger partial charge in [-0.1, -0.05) is 12.8 Å². The number of hydrogen-bond donors (Lipinski definition) is 0. The normalized spacial score (nSPS) is 18.5. The van der Waals surface area contributed by atoms with Crippen LogP contribution >= 0.6 is 0 Å². The second kappa shape index (κ2) is 7.05. The number of carbonyl (C=O) groups excluding carboxylic acids is 1. The molecule has 0 aromatic carbocycles. The molecule has 2 aromatic rings. The van der Waals surface area contributed by atoms with E-state index in [0.717, 1.165) is 62.0 Å². The van der Waals surface area contributed by atoms with Crippen molar-refractivity contribution in [1.29, 1.82) is 0 Å². The molecule has 4 rings (SSSR count). The lowest BCUT2D eigenvalue weighted by Gasteiger charge is -2.36. The molecule has 0 atom stereocenters. The summed E-state index contributed by atoms with van der Waals surface area (Å²) in [6.45, 7) is 7.15. The molecule has 0 radical (unpaired) electrons. The molecule has 1 aliphatic carbocycles. The van der Waals surface area contributed by atoms with Gasteiger partial charge in [0.15, 0.2) is 11.6 Å². The minimum absolute atomic E-state index is 0.265. The fourth-order valence-electron chi connectivity index (χ4n) is 4.05. The summed E-state index contributed by atoms with van der Waals surface area (Å²) in [5, 5.41) is 13.2. The van der Waals surface area contributed by atoms with Crippen molar-refractivity contribution in [3.63, 3.8) is 0 Å². The van der Waals surface area contributed by atoms with Gasteiger partial charge in [0, 0.05) is 37.8 Å². The van der Waals surface area contributed by atoms with Crippen molar-refractivity contribution in [2.45, 2.75) is 39.5 Å². The summed E-state index contributed by atoms with van der Waals surface area (Å²) in [6, 6.07) is 5.97. The van der Waals surface area contributed by atoms with Crippen LogP contribution in [-0.4, -0.2) is 57.0 Å². The molecular formula is C19H26N6O. The van der Waals surface area contributed by atoms with E-state index in [-0.39, 0.29) is 5.92 Å². The molecule has 0 bridgehead atoms. The zero-order chi connectivity index (χ0) is 18.1. The van der Waals surface area contributed by atoms with Gasteiger partial charge in [-0.05, 0) is 44.9 Å². The van der Waals surface area contributed by atoms with Crippen LogP contribution < -0.4 is 4.90 Å². The van der Waals surface area contributed by atoms with Crippen LogP contribution in [0.4, 0.5) is 5.82 Å². The number of rotatable bonds is 3. The van der Waals surface area contributed by atoms with E-state index in [0.29, 0.717) is 5.91 Å². The van der Waals surface area contributed by atoms with Crippen molar-refractivity contribution in [3.8, 4) is 5.82 Å². The number of aryl methyl sites for hydroxylation is 2. The first-order valence-electron chi connectivity index (χ1n) is 9.53. The van der Waals surface area contributed by atoms with Crippen molar-refractivity contribution in [2.75, 3.05) is 31.1 Å². The molecule has 0 unspecified atom stereocenters. The zero-order valence-electron chi connectivity index (χ0n) is 15.6. The van der Waals surface area contributed by atoms with Gasteiger partial charge in [-0.15, -0.1) is 10.2 Å². The lowest BCUT2D eigenvalue weighted by Crippen LogP contribution is -2.50. The van der Waals surface area contributed by atoms with E-state index >= 15 is 0 Å². The molecule has 1 amide bonds. The van der Waals surface area contributed by atoms with Crippen molar-refractivity contribution >= 4 is 11.7 Å². The van der Waals surface area contributed by atoms with Crippen LogP contribution in [0.1, 0.15) is 37.1 Å². The maximum atomic E-state index is 12.5. The summed E-state index contributed by atoms with van der Waals surface area (Å²) in [6.07, 6.45) is 4.54. The molecule has 7 nitrogen and oxygen atoms in total. The van der Waals surface area contributed by atoms with Gasteiger partial charge in [0.05, 0.1) is 5.69 Å². The molecule has 1 saturated heterocycles. The van der Waals surface area contributed by atoms with Gasteiger partial charge in [-0.2, -0.15) is 5.10 Å². The predicted molar refractivity (Wildman–Crippen MR) is 99.4 cm³/mol. The minimum Gasteiger partial charge on any atom is -0.352 e. The molecule has 2 fully saturated rings. The van der Waals surface area contributed by atoms with Gasteiger partial charge in [-0.3, -0.25) is 4.79 Å². The summed E-state index contributed by atoms with van der Waals surface area (Å²) in [5.41, 5.74) is 2.01. The second-order valence-corrected chi connectivity index (χ2v) is 7.38.